The molecule has 2 N–H and O–H groups in total. The summed E-state index contributed by atoms with van der Waals surface area (Å²) in [5.41, 5.74) is 0.393. The molecule has 0 fully saturated rings. The number of carbonyl (C=O) groups is 2. The zero-order chi connectivity index (χ0) is 14.0. The molecular formula is C14H25NO3. The highest BCUT2D eigenvalue weighted by molar-refractivity contribution is 6.01. The molecule has 0 saturated carbocycles. The van der Waals surface area contributed by atoms with Gasteiger partial charge in [-0.1, -0.05) is 39.0 Å². The van der Waals surface area contributed by atoms with E-state index in [1.807, 2.05) is 0 Å². The molecule has 0 unspecified atom stereocenters. The third-order valence-corrected chi connectivity index (χ3v) is 3.04. The van der Waals surface area contributed by atoms with Gasteiger partial charge in [-0.25, -0.2) is 4.79 Å². The molecule has 0 aliphatic carbocycles. The van der Waals surface area contributed by atoms with Crippen LogP contribution in [-0.2, 0) is 9.59 Å². The first kappa shape index (κ1) is 16.7. The van der Waals surface area contributed by atoms with Crippen molar-refractivity contribution >= 4 is 11.9 Å². The normalized spacial score (nSPS) is 11.9. The van der Waals surface area contributed by atoms with E-state index in [1.165, 1.54) is 32.6 Å². The standard InChI is InChI=1S/C14H25NO3/c1-4-5-6-7-8-9-10-15-13(16)11(2)12(3)14(17)18/h4-10H2,1-3H3,(H,15,16)(H,17,18)/b12-11-. The van der Waals surface area contributed by atoms with Crippen LogP contribution in [0.4, 0.5) is 0 Å². The van der Waals surface area contributed by atoms with Gasteiger partial charge in [-0.15, -0.1) is 0 Å². The Bertz CT molecular complexity index is 308. The fourth-order valence-electron chi connectivity index (χ4n) is 1.57. The minimum Gasteiger partial charge on any atom is -0.478 e. The number of aliphatic carboxylic acids is 1. The van der Waals surface area contributed by atoms with Gasteiger partial charge in [0.15, 0.2) is 0 Å². The lowest BCUT2D eigenvalue weighted by Gasteiger charge is -2.06. The van der Waals surface area contributed by atoms with Crippen molar-refractivity contribution in [3.8, 4) is 0 Å². The summed E-state index contributed by atoms with van der Waals surface area (Å²) in [6, 6.07) is 0. The monoisotopic (exact) mass is 255 g/mol. The number of hydrogen-bond acceptors (Lipinski definition) is 2. The molecule has 0 heterocycles. The van der Waals surface area contributed by atoms with Gasteiger partial charge in [-0.05, 0) is 20.3 Å². The van der Waals surface area contributed by atoms with Gasteiger partial charge in [0, 0.05) is 17.7 Å². The highest BCUT2D eigenvalue weighted by Gasteiger charge is 2.11. The Hall–Kier alpha value is -1.32. The minimum atomic E-state index is -1.04. The molecule has 4 heteroatoms. The topological polar surface area (TPSA) is 66.4 Å². The minimum absolute atomic E-state index is 0.107. The molecule has 1 amide bonds. The van der Waals surface area contributed by atoms with Gasteiger partial charge in [0.05, 0.1) is 0 Å². The largest absolute Gasteiger partial charge is 0.478 e. The summed E-state index contributed by atoms with van der Waals surface area (Å²) in [6.07, 6.45) is 7.02. The van der Waals surface area contributed by atoms with Gasteiger partial charge in [0.2, 0.25) is 5.91 Å². The first-order valence-corrected chi connectivity index (χ1v) is 6.69. The molecule has 0 rings (SSSR count). The van der Waals surface area contributed by atoms with E-state index >= 15 is 0 Å². The van der Waals surface area contributed by atoms with E-state index in [0.29, 0.717) is 6.54 Å². The first-order valence-electron chi connectivity index (χ1n) is 6.69. The molecule has 0 bridgehead atoms. The number of rotatable bonds is 9. The van der Waals surface area contributed by atoms with E-state index in [4.69, 9.17) is 5.11 Å². The van der Waals surface area contributed by atoms with Crippen molar-refractivity contribution in [2.45, 2.75) is 59.3 Å². The molecule has 0 aromatic heterocycles. The van der Waals surface area contributed by atoms with E-state index in [9.17, 15) is 9.59 Å². The maximum absolute atomic E-state index is 11.6. The van der Waals surface area contributed by atoms with Crippen molar-refractivity contribution in [3.63, 3.8) is 0 Å². The van der Waals surface area contributed by atoms with Crippen LogP contribution in [0.3, 0.4) is 0 Å². The molecule has 4 nitrogen and oxygen atoms in total. The third kappa shape index (κ3) is 7.09. The quantitative estimate of drug-likeness (QED) is 0.492. The SMILES string of the molecule is CCCCCCCCNC(=O)/C(C)=C(/C)C(=O)O. The number of amides is 1. The van der Waals surface area contributed by atoms with Crippen molar-refractivity contribution in [3.05, 3.63) is 11.1 Å². The van der Waals surface area contributed by atoms with Gasteiger partial charge in [0.1, 0.15) is 0 Å². The molecule has 0 aromatic carbocycles. The molecule has 0 radical (unpaired) electrons. The van der Waals surface area contributed by atoms with E-state index in [-0.39, 0.29) is 17.1 Å². The lowest BCUT2D eigenvalue weighted by Crippen LogP contribution is -2.26. The Morgan fingerprint density at radius 2 is 1.50 bits per heavy atom. The van der Waals surface area contributed by atoms with Crippen molar-refractivity contribution in [1.82, 2.24) is 5.32 Å². The third-order valence-electron chi connectivity index (χ3n) is 3.04. The summed E-state index contributed by atoms with van der Waals surface area (Å²) >= 11 is 0. The second kappa shape index (κ2) is 9.68. The molecule has 0 atom stereocenters. The molecule has 0 aliphatic heterocycles. The van der Waals surface area contributed by atoms with E-state index in [2.05, 4.69) is 12.2 Å². The number of nitrogens with one attached hydrogen (secondary N) is 1. The van der Waals surface area contributed by atoms with Crippen LogP contribution in [0.1, 0.15) is 59.3 Å². The van der Waals surface area contributed by atoms with E-state index < -0.39 is 5.97 Å². The maximum Gasteiger partial charge on any atom is 0.331 e. The molecular weight excluding hydrogens is 230 g/mol. The molecule has 0 spiro atoms. The summed E-state index contributed by atoms with van der Waals surface area (Å²) in [5, 5.41) is 11.5. The van der Waals surface area contributed by atoms with Gasteiger partial charge in [-0.3, -0.25) is 4.79 Å². The number of unbranched alkanes of at least 4 members (excludes halogenated alkanes) is 5. The zero-order valence-corrected chi connectivity index (χ0v) is 11.7. The van der Waals surface area contributed by atoms with Crippen molar-refractivity contribution in [2.24, 2.45) is 0 Å². The van der Waals surface area contributed by atoms with E-state index in [0.717, 1.165) is 12.8 Å². The second-order valence-electron chi connectivity index (χ2n) is 4.58. The summed E-state index contributed by atoms with van der Waals surface area (Å²) in [4.78, 5) is 22.3. The lowest BCUT2D eigenvalue weighted by molar-refractivity contribution is -0.133. The average molecular weight is 255 g/mol. The second-order valence-corrected chi connectivity index (χ2v) is 4.58. The highest BCUT2D eigenvalue weighted by Crippen LogP contribution is 2.05. The Kier molecular flexibility index (Phi) is 8.97. The average Bonchev–Trinajstić information content (AvgIpc) is 2.35. The number of carboxylic acid groups (broad SMARTS) is 1. The summed E-state index contributed by atoms with van der Waals surface area (Å²) in [6.45, 7) is 5.79. The zero-order valence-electron chi connectivity index (χ0n) is 11.7. The van der Waals surface area contributed by atoms with Gasteiger partial charge >= 0.3 is 5.97 Å². The molecule has 0 aliphatic rings. The van der Waals surface area contributed by atoms with Crippen LogP contribution in [0, 0.1) is 0 Å². The molecule has 0 saturated heterocycles. The van der Waals surface area contributed by atoms with Crippen molar-refractivity contribution in [1.29, 1.82) is 0 Å². The van der Waals surface area contributed by atoms with Crippen molar-refractivity contribution < 1.29 is 14.7 Å². The van der Waals surface area contributed by atoms with Crippen LogP contribution in [0.2, 0.25) is 0 Å². The molecule has 18 heavy (non-hydrogen) atoms. The van der Waals surface area contributed by atoms with Gasteiger partial charge in [-0.2, -0.15) is 0 Å². The fourth-order valence-corrected chi connectivity index (χ4v) is 1.57. The Labute approximate surface area is 109 Å². The molecule has 0 aromatic rings. The predicted molar refractivity (Wildman–Crippen MR) is 72.4 cm³/mol. The Balaban J connectivity index is 3.78. The van der Waals surface area contributed by atoms with Crippen molar-refractivity contribution in [2.75, 3.05) is 6.54 Å². The number of carbonyl (C=O) groups excluding carboxylic acids is 1. The van der Waals surface area contributed by atoms with Gasteiger partial charge in [0.25, 0.3) is 0 Å². The predicted octanol–water partition coefficient (Wildman–Crippen LogP) is 2.88. The van der Waals surface area contributed by atoms with Crippen LogP contribution in [0.5, 0.6) is 0 Å². The number of carboxylic acids is 1. The van der Waals surface area contributed by atoms with Crippen LogP contribution >= 0.6 is 0 Å². The summed E-state index contributed by atoms with van der Waals surface area (Å²) in [5.74, 6) is -1.31. The fraction of sp³-hybridized carbons (Fsp3) is 0.714. The van der Waals surface area contributed by atoms with E-state index in [1.54, 1.807) is 6.92 Å². The molecule has 104 valence electrons. The Morgan fingerprint density at radius 3 is 2.06 bits per heavy atom. The van der Waals surface area contributed by atoms with Crippen LogP contribution < -0.4 is 5.32 Å². The lowest BCUT2D eigenvalue weighted by atomic mass is 10.1. The van der Waals surface area contributed by atoms with Crippen LogP contribution in [0.25, 0.3) is 0 Å². The number of hydrogen-bond donors (Lipinski definition) is 2. The van der Waals surface area contributed by atoms with Gasteiger partial charge < -0.3 is 10.4 Å². The summed E-state index contributed by atoms with van der Waals surface area (Å²) < 4.78 is 0. The summed E-state index contributed by atoms with van der Waals surface area (Å²) in [7, 11) is 0. The Morgan fingerprint density at radius 1 is 0.944 bits per heavy atom. The highest BCUT2D eigenvalue weighted by atomic mass is 16.4. The maximum atomic E-state index is 11.6. The van der Waals surface area contributed by atoms with Crippen LogP contribution in [-0.4, -0.2) is 23.5 Å². The first-order chi connectivity index (χ1) is 8.50. The van der Waals surface area contributed by atoms with Crippen LogP contribution in [0.15, 0.2) is 11.1 Å². The smallest absolute Gasteiger partial charge is 0.331 e.